The molecule has 0 saturated heterocycles. The van der Waals surface area contributed by atoms with Crippen LogP contribution < -0.4 is 9.47 Å². The minimum absolute atomic E-state index is 0.302. The van der Waals surface area contributed by atoms with E-state index in [1.165, 1.54) is 0 Å². The molecule has 0 aromatic heterocycles. The van der Waals surface area contributed by atoms with Crippen LogP contribution in [0.3, 0.4) is 0 Å². The van der Waals surface area contributed by atoms with Gasteiger partial charge in [0.2, 0.25) is 5.67 Å². The molecule has 2 aromatic rings. The number of halogens is 2. The molecule has 1 heterocycles. The zero-order chi connectivity index (χ0) is 18.5. The van der Waals surface area contributed by atoms with Crippen LogP contribution in [-0.2, 0) is 10.2 Å². The summed E-state index contributed by atoms with van der Waals surface area (Å²) in [5.74, 6) is -1.40. The van der Waals surface area contributed by atoms with Gasteiger partial charge in [-0.1, -0.05) is 48.9 Å². The lowest BCUT2D eigenvalue weighted by Gasteiger charge is -2.24. The van der Waals surface area contributed by atoms with Crippen molar-refractivity contribution < 1.29 is 23.8 Å². The molecule has 1 fully saturated rings. The average molecular weight is 377 g/mol. The molecule has 1 saturated carbocycles. The van der Waals surface area contributed by atoms with Gasteiger partial charge in [0.15, 0.2) is 11.5 Å². The second kappa shape index (κ2) is 5.88. The second-order valence-electron chi connectivity index (χ2n) is 6.67. The summed E-state index contributed by atoms with van der Waals surface area (Å²) in [6, 6.07) is 12.2. The van der Waals surface area contributed by atoms with E-state index >= 15 is 4.39 Å². The number of rotatable bonds is 4. The molecule has 26 heavy (non-hydrogen) atoms. The zero-order valence-electron chi connectivity index (χ0n) is 14.2. The SMILES string of the molecule is CC[C@@]1(c2cc(Cl)c3c(c2)OCCO3)[C@H](c2ccccc2)[C@]1(F)C(=O)O. The molecule has 3 atom stereocenters. The second-order valence-corrected chi connectivity index (χ2v) is 7.07. The summed E-state index contributed by atoms with van der Waals surface area (Å²) in [6.07, 6.45) is 0.311. The van der Waals surface area contributed by atoms with Gasteiger partial charge in [0.1, 0.15) is 13.2 Å². The van der Waals surface area contributed by atoms with Crippen molar-refractivity contribution in [2.24, 2.45) is 0 Å². The van der Waals surface area contributed by atoms with Crippen molar-refractivity contribution >= 4 is 17.6 Å². The lowest BCUT2D eigenvalue weighted by Crippen LogP contribution is -2.28. The maximum Gasteiger partial charge on any atom is 0.343 e. The Morgan fingerprint density at radius 2 is 1.96 bits per heavy atom. The molecule has 1 aliphatic heterocycles. The summed E-state index contributed by atoms with van der Waals surface area (Å²) in [5.41, 5.74) is -2.44. The number of carbonyl (C=O) groups is 1. The maximum atomic E-state index is 15.8. The van der Waals surface area contributed by atoms with E-state index in [1.54, 1.807) is 43.3 Å². The molecule has 1 aliphatic carbocycles. The van der Waals surface area contributed by atoms with Crippen molar-refractivity contribution in [3.05, 3.63) is 58.6 Å². The Hall–Kier alpha value is -2.27. The number of benzene rings is 2. The first-order chi connectivity index (χ1) is 12.5. The number of hydrogen-bond acceptors (Lipinski definition) is 3. The summed E-state index contributed by atoms with van der Waals surface area (Å²) in [7, 11) is 0. The van der Waals surface area contributed by atoms with Crippen LogP contribution in [0.15, 0.2) is 42.5 Å². The van der Waals surface area contributed by atoms with E-state index in [-0.39, 0.29) is 0 Å². The third-order valence-corrected chi connectivity index (χ3v) is 5.85. The molecule has 6 heteroatoms. The molecular weight excluding hydrogens is 359 g/mol. The van der Waals surface area contributed by atoms with E-state index in [2.05, 4.69) is 0 Å². The summed E-state index contributed by atoms with van der Waals surface area (Å²) < 4.78 is 27.0. The monoisotopic (exact) mass is 376 g/mol. The quantitative estimate of drug-likeness (QED) is 0.861. The van der Waals surface area contributed by atoms with Crippen molar-refractivity contribution in [1.29, 1.82) is 0 Å². The van der Waals surface area contributed by atoms with Gasteiger partial charge in [-0.2, -0.15) is 0 Å². The number of fused-ring (bicyclic) bond motifs is 1. The lowest BCUT2D eigenvalue weighted by atomic mass is 9.86. The minimum atomic E-state index is -2.41. The van der Waals surface area contributed by atoms with Gasteiger partial charge in [0.05, 0.1) is 10.4 Å². The van der Waals surface area contributed by atoms with E-state index in [0.717, 1.165) is 0 Å². The Balaban J connectivity index is 1.89. The van der Waals surface area contributed by atoms with E-state index in [9.17, 15) is 9.90 Å². The van der Waals surface area contributed by atoms with Crippen molar-refractivity contribution in [2.75, 3.05) is 13.2 Å². The molecule has 1 N–H and O–H groups in total. The van der Waals surface area contributed by atoms with Gasteiger partial charge in [-0.25, -0.2) is 9.18 Å². The Kier molecular flexibility index (Phi) is 3.88. The van der Waals surface area contributed by atoms with Gasteiger partial charge in [0.25, 0.3) is 0 Å². The highest BCUT2D eigenvalue weighted by Gasteiger charge is 2.83. The predicted octanol–water partition coefficient (Wildman–Crippen LogP) is 4.35. The van der Waals surface area contributed by atoms with Crippen LogP contribution in [0.4, 0.5) is 4.39 Å². The number of carboxylic acid groups (broad SMARTS) is 1. The molecule has 0 unspecified atom stereocenters. The van der Waals surface area contributed by atoms with Crippen molar-refractivity contribution in [2.45, 2.75) is 30.3 Å². The fourth-order valence-electron chi connectivity index (χ4n) is 4.38. The van der Waals surface area contributed by atoms with Gasteiger partial charge < -0.3 is 14.6 Å². The highest BCUT2D eigenvalue weighted by molar-refractivity contribution is 6.32. The molecule has 0 bridgehead atoms. The first-order valence-corrected chi connectivity index (χ1v) is 8.91. The molecule has 0 spiro atoms. The summed E-state index contributed by atoms with van der Waals surface area (Å²) in [4.78, 5) is 11.9. The van der Waals surface area contributed by atoms with Gasteiger partial charge in [-0.15, -0.1) is 0 Å². The highest BCUT2D eigenvalue weighted by atomic mass is 35.5. The van der Waals surface area contributed by atoms with Crippen LogP contribution in [0.2, 0.25) is 5.02 Å². The molecule has 4 rings (SSSR count). The normalized spacial score (nSPS) is 29.3. The number of ether oxygens (including phenoxy) is 2. The van der Waals surface area contributed by atoms with E-state index < -0.39 is 23.0 Å². The Morgan fingerprint density at radius 1 is 1.27 bits per heavy atom. The first kappa shape index (κ1) is 17.2. The maximum absolute atomic E-state index is 15.8. The van der Waals surface area contributed by atoms with Crippen LogP contribution in [0, 0.1) is 0 Å². The zero-order valence-corrected chi connectivity index (χ0v) is 14.9. The van der Waals surface area contributed by atoms with Crippen LogP contribution in [0.5, 0.6) is 11.5 Å². The van der Waals surface area contributed by atoms with Crippen molar-refractivity contribution in [3.63, 3.8) is 0 Å². The molecule has 0 radical (unpaired) electrons. The van der Waals surface area contributed by atoms with Gasteiger partial charge in [-0.3, -0.25) is 0 Å². The average Bonchev–Trinajstić information content (AvgIpc) is 3.24. The standard InChI is InChI=1S/C20H18ClFO4/c1-2-19(13-10-14(21)16-15(11-13)25-8-9-26-16)17(20(19,22)18(23)24)12-6-4-3-5-7-12/h3-7,10-11,17H,2,8-9H2,1H3,(H,23,24)/t17-,19+,20-/m0/s1. The fraction of sp³-hybridized carbons (Fsp3) is 0.350. The predicted molar refractivity (Wildman–Crippen MR) is 95.1 cm³/mol. The van der Waals surface area contributed by atoms with Gasteiger partial charge >= 0.3 is 5.97 Å². The minimum Gasteiger partial charge on any atom is -0.486 e. The third kappa shape index (κ3) is 2.10. The third-order valence-electron chi connectivity index (χ3n) is 5.57. The van der Waals surface area contributed by atoms with Crippen LogP contribution in [0.25, 0.3) is 0 Å². The lowest BCUT2D eigenvalue weighted by molar-refractivity contribution is -0.145. The molecular formula is C20H18ClFO4. The highest BCUT2D eigenvalue weighted by Crippen LogP contribution is 2.73. The van der Waals surface area contributed by atoms with Crippen LogP contribution in [0.1, 0.15) is 30.4 Å². The first-order valence-electron chi connectivity index (χ1n) is 8.53. The Morgan fingerprint density at radius 3 is 2.62 bits per heavy atom. The van der Waals surface area contributed by atoms with Crippen molar-refractivity contribution in [1.82, 2.24) is 0 Å². The summed E-state index contributed by atoms with van der Waals surface area (Å²) >= 11 is 6.33. The van der Waals surface area contributed by atoms with E-state index in [1.807, 2.05) is 6.07 Å². The van der Waals surface area contributed by atoms with E-state index in [0.29, 0.717) is 47.3 Å². The summed E-state index contributed by atoms with van der Waals surface area (Å²) in [6.45, 7) is 2.55. The van der Waals surface area contributed by atoms with Crippen molar-refractivity contribution in [3.8, 4) is 11.5 Å². The number of hydrogen-bond donors (Lipinski definition) is 1. The molecule has 2 aliphatic rings. The fourth-order valence-corrected chi connectivity index (χ4v) is 4.65. The van der Waals surface area contributed by atoms with Crippen LogP contribution >= 0.6 is 11.6 Å². The molecule has 136 valence electrons. The molecule has 0 amide bonds. The largest absolute Gasteiger partial charge is 0.486 e. The number of aliphatic carboxylic acids is 1. The number of carboxylic acids is 1. The van der Waals surface area contributed by atoms with Gasteiger partial charge in [-0.05, 0) is 29.7 Å². The Labute approximate surface area is 155 Å². The molecule has 4 nitrogen and oxygen atoms in total. The summed E-state index contributed by atoms with van der Waals surface area (Å²) in [5, 5.41) is 10.0. The Bertz CT molecular complexity index is 872. The van der Waals surface area contributed by atoms with Crippen LogP contribution in [-0.4, -0.2) is 30.0 Å². The smallest absolute Gasteiger partial charge is 0.343 e. The molecule has 2 aromatic carbocycles. The topological polar surface area (TPSA) is 55.8 Å². The van der Waals surface area contributed by atoms with E-state index in [4.69, 9.17) is 21.1 Å². The van der Waals surface area contributed by atoms with Gasteiger partial charge in [0, 0.05) is 5.92 Å². The number of alkyl halides is 1.